The van der Waals surface area contributed by atoms with E-state index in [1.54, 1.807) is 52.1 Å². The maximum Gasteiger partial charge on any atom is 0.408 e. The number of aryl methyl sites for hydroxylation is 2. The van der Waals surface area contributed by atoms with Crippen LogP contribution in [0.2, 0.25) is 0 Å². The van der Waals surface area contributed by atoms with Gasteiger partial charge in [-0.2, -0.15) is 0 Å². The van der Waals surface area contributed by atoms with Gasteiger partial charge in [-0.05, 0) is 103 Å². The van der Waals surface area contributed by atoms with Crippen LogP contribution in [-0.2, 0) is 19.1 Å². The van der Waals surface area contributed by atoms with Gasteiger partial charge in [-0.1, -0.05) is 18.2 Å². The number of amides is 4. The number of benzene rings is 2. The number of nitrogens with two attached hydrogens (primary N) is 1. The molecule has 2 atom stereocenters. The van der Waals surface area contributed by atoms with Crippen molar-refractivity contribution in [1.29, 1.82) is 0 Å². The van der Waals surface area contributed by atoms with E-state index >= 15 is 0 Å². The third kappa shape index (κ3) is 9.51. The van der Waals surface area contributed by atoms with Gasteiger partial charge in [0.05, 0.1) is 7.11 Å². The second-order valence-corrected chi connectivity index (χ2v) is 12.0. The smallest absolute Gasteiger partial charge is 0.408 e. The van der Waals surface area contributed by atoms with E-state index in [-0.39, 0.29) is 12.8 Å². The third-order valence-electron chi connectivity index (χ3n) is 6.31. The zero-order chi connectivity index (χ0) is 31.1. The van der Waals surface area contributed by atoms with Gasteiger partial charge in [-0.3, -0.25) is 14.4 Å². The summed E-state index contributed by atoms with van der Waals surface area (Å²) in [5, 5.41) is 5.55. The zero-order valence-corrected chi connectivity index (χ0v) is 25.6. The molecule has 0 aliphatic rings. The first kappa shape index (κ1) is 33.1. The van der Waals surface area contributed by atoms with Crippen molar-refractivity contribution < 1.29 is 28.7 Å². The van der Waals surface area contributed by atoms with Crippen LogP contribution in [0.5, 0.6) is 5.75 Å². The van der Waals surface area contributed by atoms with E-state index in [1.807, 2.05) is 52.8 Å². The van der Waals surface area contributed by atoms with Crippen molar-refractivity contribution in [3.8, 4) is 5.75 Å². The Morgan fingerprint density at radius 2 is 1.49 bits per heavy atom. The Balaban J connectivity index is 2.65. The highest BCUT2D eigenvalue weighted by atomic mass is 16.6. The van der Waals surface area contributed by atoms with Crippen LogP contribution in [0.25, 0.3) is 0 Å². The number of carbonyl (C=O) groups is 4. The quantitative estimate of drug-likeness (QED) is 0.377. The zero-order valence-electron chi connectivity index (χ0n) is 25.6. The van der Waals surface area contributed by atoms with Gasteiger partial charge in [-0.15, -0.1) is 0 Å². The first-order chi connectivity index (χ1) is 18.9. The van der Waals surface area contributed by atoms with Gasteiger partial charge in [0, 0.05) is 17.6 Å². The molecule has 224 valence electrons. The average Bonchev–Trinajstić information content (AvgIpc) is 2.84. The molecule has 0 bridgehead atoms. The molecule has 0 saturated carbocycles. The number of methoxy groups -OCH3 is 1. The van der Waals surface area contributed by atoms with Crippen LogP contribution in [0.4, 0.5) is 10.5 Å². The molecule has 0 aromatic heterocycles. The van der Waals surface area contributed by atoms with Gasteiger partial charge in [0.25, 0.3) is 5.91 Å². The summed E-state index contributed by atoms with van der Waals surface area (Å²) in [5.74, 6) is -0.991. The van der Waals surface area contributed by atoms with E-state index in [0.29, 0.717) is 17.0 Å². The molecule has 41 heavy (non-hydrogen) atoms. The summed E-state index contributed by atoms with van der Waals surface area (Å²) >= 11 is 0. The van der Waals surface area contributed by atoms with Gasteiger partial charge < -0.3 is 30.7 Å². The minimum Gasteiger partial charge on any atom is -0.497 e. The van der Waals surface area contributed by atoms with Crippen molar-refractivity contribution >= 4 is 29.5 Å². The maximum absolute atomic E-state index is 14.4. The van der Waals surface area contributed by atoms with Crippen molar-refractivity contribution in [3.63, 3.8) is 0 Å². The molecule has 0 aliphatic carbocycles. The summed E-state index contributed by atoms with van der Waals surface area (Å²) in [6, 6.07) is 10.2. The Morgan fingerprint density at radius 3 is 1.95 bits per heavy atom. The van der Waals surface area contributed by atoms with Crippen LogP contribution in [0.1, 0.15) is 77.1 Å². The number of anilines is 1. The van der Waals surface area contributed by atoms with Gasteiger partial charge in [0.1, 0.15) is 23.4 Å². The highest BCUT2D eigenvalue weighted by molar-refractivity contribution is 5.99. The molecule has 0 radical (unpaired) electrons. The molecule has 10 nitrogen and oxygen atoms in total. The standard InChI is InChI=1S/C31H44N4O6/c1-19-11-10-12-20(2)25(19)26(27(37)33-21-13-15-22(40-9)16-14-21)35(30(3,4)5)28(38)23(17-18-24(32)36)34-29(39)41-31(6,7)8/h10-16,23,26H,17-18H2,1-9H3,(H2,32,36)(H,33,37)(H,34,39). The number of nitrogens with zero attached hydrogens (tertiary/aromatic N) is 1. The molecule has 2 aromatic rings. The molecule has 2 unspecified atom stereocenters. The minimum absolute atomic E-state index is 0.0699. The molecule has 0 fully saturated rings. The maximum atomic E-state index is 14.4. The van der Waals surface area contributed by atoms with Crippen molar-refractivity contribution in [3.05, 3.63) is 59.2 Å². The summed E-state index contributed by atoms with van der Waals surface area (Å²) in [6.45, 7) is 14.3. The first-order valence-electron chi connectivity index (χ1n) is 13.6. The van der Waals surface area contributed by atoms with Crippen LogP contribution >= 0.6 is 0 Å². The van der Waals surface area contributed by atoms with Crippen molar-refractivity contribution in [2.24, 2.45) is 5.73 Å². The second kappa shape index (κ2) is 13.5. The van der Waals surface area contributed by atoms with Crippen molar-refractivity contribution in [2.75, 3.05) is 12.4 Å². The number of alkyl carbamates (subject to hydrolysis) is 1. The number of nitrogens with one attached hydrogen (secondary N) is 2. The topological polar surface area (TPSA) is 140 Å². The molecule has 2 rings (SSSR count). The minimum atomic E-state index is -1.18. The Morgan fingerprint density at radius 1 is 0.927 bits per heavy atom. The van der Waals surface area contributed by atoms with E-state index in [9.17, 15) is 19.2 Å². The molecule has 2 aromatic carbocycles. The number of rotatable bonds is 10. The predicted molar refractivity (Wildman–Crippen MR) is 158 cm³/mol. The molecular formula is C31H44N4O6. The van der Waals surface area contributed by atoms with Crippen molar-refractivity contribution in [1.82, 2.24) is 10.2 Å². The Bertz CT molecular complexity index is 1220. The predicted octanol–water partition coefficient (Wildman–Crippen LogP) is 4.78. The van der Waals surface area contributed by atoms with Crippen LogP contribution < -0.4 is 21.1 Å². The van der Waals surface area contributed by atoms with Crippen LogP contribution in [0.15, 0.2) is 42.5 Å². The molecule has 4 amide bonds. The number of primary amides is 1. The van der Waals surface area contributed by atoms with E-state index in [4.69, 9.17) is 15.2 Å². The first-order valence-corrected chi connectivity index (χ1v) is 13.6. The summed E-state index contributed by atoms with van der Waals surface area (Å²) in [7, 11) is 1.55. The van der Waals surface area contributed by atoms with E-state index in [2.05, 4.69) is 10.6 Å². The van der Waals surface area contributed by atoms with Crippen molar-refractivity contribution in [2.45, 2.75) is 91.5 Å². The second-order valence-electron chi connectivity index (χ2n) is 12.0. The number of hydrogen-bond acceptors (Lipinski definition) is 6. The summed E-state index contributed by atoms with van der Waals surface area (Å²) < 4.78 is 10.6. The van der Waals surface area contributed by atoms with Gasteiger partial charge in [0.2, 0.25) is 11.8 Å². The molecule has 0 spiro atoms. The summed E-state index contributed by atoms with van der Waals surface area (Å²) in [4.78, 5) is 54.4. The molecule has 0 heterocycles. The lowest BCUT2D eigenvalue weighted by molar-refractivity contribution is -0.147. The fourth-order valence-corrected chi connectivity index (χ4v) is 4.53. The lowest BCUT2D eigenvalue weighted by Gasteiger charge is -2.43. The number of hydrogen-bond donors (Lipinski definition) is 3. The van der Waals surface area contributed by atoms with E-state index in [0.717, 1.165) is 11.1 Å². The lowest BCUT2D eigenvalue weighted by atomic mass is 9.90. The van der Waals surface area contributed by atoms with Crippen LogP contribution in [0, 0.1) is 13.8 Å². The summed E-state index contributed by atoms with van der Waals surface area (Å²) in [5.41, 5.74) is 6.50. The lowest BCUT2D eigenvalue weighted by Crippen LogP contribution is -2.58. The molecule has 10 heteroatoms. The monoisotopic (exact) mass is 568 g/mol. The van der Waals surface area contributed by atoms with Crippen LogP contribution in [0.3, 0.4) is 0 Å². The summed E-state index contributed by atoms with van der Waals surface area (Å²) in [6.07, 6.45) is -1.05. The average molecular weight is 569 g/mol. The molecule has 4 N–H and O–H groups in total. The number of ether oxygens (including phenoxy) is 2. The van der Waals surface area contributed by atoms with Gasteiger partial charge in [0.15, 0.2) is 0 Å². The highest BCUT2D eigenvalue weighted by Crippen LogP contribution is 2.35. The third-order valence-corrected chi connectivity index (χ3v) is 6.31. The number of carbonyl (C=O) groups excluding carboxylic acids is 4. The molecule has 0 saturated heterocycles. The largest absolute Gasteiger partial charge is 0.497 e. The molecule has 0 aliphatic heterocycles. The van der Waals surface area contributed by atoms with E-state index < -0.39 is 47.0 Å². The van der Waals surface area contributed by atoms with Crippen LogP contribution in [-0.4, -0.2) is 53.0 Å². The Kier molecular flexibility index (Phi) is 10.9. The Labute approximate surface area is 242 Å². The normalized spacial score (nSPS) is 13.0. The fraction of sp³-hybridized carbons (Fsp3) is 0.484. The highest BCUT2D eigenvalue weighted by Gasteiger charge is 2.43. The van der Waals surface area contributed by atoms with Gasteiger partial charge >= 0.3 is 6.09 Å². The van der Waals surface area contributed by atoms with E-state index in [1.165, 1.54) is 4.90 Å². The SMILES string of the molecule is COc1ccc(NC(=O)C(c2c(C)cccc2C)N(C(=O)C(CCC(N)=O)NC(=O)OC(C)(C)C)C(C)(C)C)cc1. The Hall–Kier alpha value is -4.08. The molecular weight excluding hydrogens is 524 g/mol. The fourth-order valence-electron chi connectivity index (χ4n) is 4.53. The van der Waals surface area contributed by atoms with Gasteiger partial charge in [-0.25, -0.2) is 4.79 Å².